The first kappa shape index (κ1) is 12.3. The first-order chi connectivity index (χ1) is 8.17. The third-order valence-electron chi connectivity index (χ3n) is 2.45. The van der Waals surface area contributed by atoms with Gasteiger partial charge < -0.3 is 4.90 Å². The normalized spacial score (nSPS) is 10.8. The van der Waals surface area contributed by atoms with Gasteiger partial charge in [-0.15, -0.1) is 0 Å². The molecule has 0 aliphatic heterocycles. The molecule has 0 N–H and O–H groups in total. The summed E-state index contributed by atoms with van der Waals surface area (Å²) in [6, 6.07) is 0. The van der Waals surface area contributed by atoms with Gasteiger partial charge in [0.1, 0.15) is 17.4 Å². The van der Waals surface area contributed by atoms with Gasteiger partial charge in [0.05, 0.1) is 0 Å². The van der Waals surface area contributed by atoms with Crippen LogP contribution in [0.4, 0.5) is 5.82 Å². The van der Waals surface area contributed by atoms with Gasteiger partial charge in [0, 0.05) is 13.1 Å². The number of fused-ring (bicyclic) bond motifs is 1. The number of hydrogen-bond acceptors (Lipinski definition) is 5. The van der Waals surface area contributed by atoms with Crippen LogP contribution >= 0.6 is 23.2 Å². The molecule has 2 aromatic heterocycles. The van der Waals surface area contributed by atoms with E-state index in [0.29, 0.717) is 16.9 Å². The number of halogens is 2. The highest BCUT2D eigenvalue weighted by Gasteiger charge is 2.15. The van der Waals surface area contributed by atoms with Crippen LogP contribution in [0.25, 0.3) is 11.0 Å². The summed E-state index contributed by atoms with van der Waals surface area (Å²) in [5, 5.41) is 0.434. The Bertz CT molecular complexity index is 541. The van der Waals surface area contributed by atoms with E-state index in [1.807, 2.05) is 18.7 Å². The lowest BCUT2D eigenvalue weighted by atomic mass is 10.3. The van der Waals surface area contributed by atoms with Crippen molar-refractivity contribution < 1.29 is 0 Å². The molecular weight excluding hydrogens is 261 g/mol. The molecule has 2 heterocycles. The van der Waals surface area contributed by atoms with Crippen LogP contribution in [0.1, 0.15) is 13.8 Å². The van der Waals surface area contributed by atoms with Crippen molar-refractivity contribution in [2.45, 2.75) is 13.8 Å². The third-order valence-corrected chi connectivity index (χ3v) is 2.90. The molecule has 0 spiro atoms. The van der Waals surface area contributed by atoms with E-state index in [9.17, 15) is 0 Å². The summed E-state index contributed by atoms with van der Waals surface area (Å²) in [7, 11) is 0. The highest BCUT2D eigenvalue weighted by Crippen LogP contribution is 2.26. The van der Waals surface area contributed by atoms with E-state index in [1.54, 1.807) is 0 Å². The van der Waals surface area contributed by atoms with Crippen molar-refractivity contribution in [2.24, 2.45) is 0 Å². The van der Waals surface area contributed by atoms with Crippen LogP contribution in [0, 0.1) is 0 Å². The molecule has 2 rings (SSSR count). The lowest BCUT2D eigenvalue weighted by Gasteiger charge is -2.20. The number of aromatic nitrogens is 4. The first-order valence-electron chi connectivity index (χ1n) is 5.26. The fourth-order valence-electron chi connectivity index (χ4n) is 1.62. The zero-order valence-corrected chi connectivity index (χ0v) is 11.0. The van der Waals surface area contributed by atoms with Gasteiger partial charge >= 0.3 is 0 Å². The van der Waals surface area contributed by atoms with E-state index in [1.165, 1.54) is 6.33 Å². The molecule has 0 aliphatic rings. The summed E-state index contributed by atoms with van der Waals surface area (Å²) < 4.78 is 0. The Balaban J connectivity index is 2.74. The predicted molar refractivity (Wildman–Crippen MR) is 68.7 cm³/mol. The third kappa shape index (κ3) is 2.25. The summed E-state index contributed by atoms with van der Waals surface area (Å²) in [6.07, 6.45) is 1.40. The van der Waals surface area contributed by atoms with E-state index < -0.39 is 0 Å². The van der Waals surface area contributed by atoms with Crippen molar-refractivity contribution in [1.82, 2.24) is 19.9 Å². The minimum atomic E-state index is 0.149. The maximum absolute atomic E-state index is 5.97. The Morgan fingerprint density at radius 3 is 2.41 bits per heavy atom. The molecule has 17 heavy (non-hydrogen) atoms. The van der Waals surface area contributed by atoms with Crippen LogP contribution in [0.15, 0.2) is 6.33 Å². The van der Waals surface area contributed by atoms with Crippen LogP contribution in [-0.4, -0.2) is 33.0 Å². The van der Waals surface area contributed by atoms with Crippen molar-refractivity contribution in [2.75, 3.05) is 18.0 Å². The van der Waals surface area contributed by atoms with E-state index in [0.717, 1.165) is 13.1 Å². The number of anilines is 1. The zero-order valence-electron chi connectivity index (χ0n) is 9.48. The zero-order chi connectivity index (χ0) is 12.4. The molecule has 0 saturated heterocycles. The Labute approximate surface area is 109 Å². The molecule has 2 aromatic rings. The summed E-state index contributed by atoms with van der Waals surface area (Å²) >= 11 is 11.9. The first-order valence-corrected chi connectivity index (χ1v) is 6.01. The summed E-state index contributed by atoms with van der Waals surface area (Å²) in [4.78, 5) is 18.4. The van der Waals surface area contributed by atoms with Crippen molar-refractivity contribution in [3.05, 3.63) is 16.8 Å². The quantitative estimate of drug-likeness (QED) is 0.635. The van der Waals surface area contributed by atoms with Gasteiger partial charge in [-0.25, -0.2) is 15.0 Å². The van der Waals surface area contributed by atoms with Crippen molar-refractivity contribution in [3.8, 4) is 0 Å². The van der Waals surface area contributed by atoms with E-state index in [4.69, 9.17) is 23.2 Å². The highest BCUT2D eigenvalue weighted by atomic mass is 35.5. The molecule has 0 aliphatic carbocycles. The Morgan fingerprint density at radius 2 is 1.76 bits per heavy atom. The average Bonchev–Trinajstić information content (AvgIpc) is 2.32. The second-order valence-electron chi connectivity index (χ2n) is 3.35. The molecule has 5 nitrogen and oxygen atoms in total. The molecule has 0 amide bonds. The lowest BCUT2D eigenvalue weighted by molar-refractivity contribution is 0.846. The fourth-order valence-corrected chi connectivity index (χ4v) is 1.96. The second-order valence-corrected chi connectivity index (χ2v) is 4.05. The molecule has 0 saturated carbocycles. The summed E-state index contributed by atoms with van der Waals surface area (Å²) in [6.45, 7) is 5.68. The smallest absolute Gasteiger partial charge is 0.225 e. The minimum absolute atomic E-state index is 0.149. The van der Waals surface area contributed by atoms with Gasteiger partial charge in [0.15, 0.2) is 11.0 Å². The van der Waals surface area contributed by atoms with Crippen LogP contribution in [0.5, 0.6) is 0 Å². The van der Waals surface area contributed by atoms with Gasteiger partial charge in [-0.1, -0.05) is 11.6 Å². The standard InChI is InChI=1S/C10H11Cl2N5/c1-3-17(4-2)9-7-6(15-10(12)16-9)8(11)14-5-13-7/h5H,3-4H2,1-2H3. The highest BCUT2D eigenvalue weighted by molar-refractivity contribution is 6.34. The lowest BCUT2D eigenvalue weighted by Crippen LogP contribution is -2.23. The molecule has 0 fully saturated rings. The molecule has 0 bridgehead atoms. The van der Waals surface area contributed by atoms with Crippen LogP contribution < -0.4 is 4.90 Å². The monoisotopic (exact) mass is 271 g/mol. The van der Waals surface area contributed by atoms with E-state index >= 15 is 0 Å². The molecular formula is C10H11Cl2N5. The Kier molecular flexibility index (Phi) is 3.59. The topological polar surface area (TPSA) is 54.8 Å². The van der Waals surface area contributed by atoms with Gasteiger partial charge in [0.25, 0.3) is 0 Å². The van der Waals surface area contributed by atoms with E-state index in [-0.39, 0.29) is 10.4 Å². The molecule has 0 radical (unpaired) electrons. The summed E-state index contributed by atoms with van der Waals surface area (Å²) in [5.74, 6) is 0.689. The van der Waals surface area contributed by atoms with E-state index in [2.05, 4.69) is 19.9 Å². The SMILES string of the molecule is CCN(CC)c1nc(Cl)nc2c(Cl)ncnc12. The number of nitrogens with zero attached hydrogens (tertiary/aromatic N) is 5. The molecule has 0 atom stereocenters. The maximum atomic E-state index is 5.97. The van der Waals surface area contributed by atoms with Crippen molar-refractivity contribution >= 4 is 40.1 Å². The maximum Gasteiger partial charge on any atom is 0.225 e. The van der Waals surface area contributed by atoms with Crippen LogP contribution in [0.2, 0.25) is 10.4 Å². The predicted octanol–water partition coefficient (Wildman–Crippen LogP) is 2.57. The van der Waals surface area contributed by atoms with Crippen molar-refractivity contribution in [1.29, 1.82) is 0 Å². The van der Waals surface area contributed by atoms with Crippen LogP contribution in [0.3, 0.4) is 0 Å². The van der Waals surface area contributed by atoms with Crippen molar-refractivity contribution in [3.63, 3.8) is 0 Å². The van der Waals surface area contributed by atoms with Gasteiger partial charge in [-0.05, 0) is 25.4 Å². The number of rotatable bonds is 3. The van der Waals surface area contributed by atoms with Crippen LogP contribution in [-0.2, 0) is 0 Å². The second kappa shape index (κ2) is 4.98. The minimum Gasteiger partial charge on any atom is -0.355 e. The van der Waals surface area contributed by atoms with Gasteiger partial charge in [-0.3, -0.25) is 0 Å². The van der Waals surface area contributed by atoms with Gasteiger partial charge in [0.2, 0.25) is 5.28 Å². The Hall–Kier alpha value is -1.20. The average molecular weight is 272 g/mol. The van der Waals surface area contributed by atoms with Gasteiger partial charge in [-0.2, -0.15) is 4.98 Å². The number of hydrogen-bond donors (Lipinski definition) is 0. The molecule has 0 unspecified atom stereocenters. The molecule has 0 aromatic carbocycles. The molecule has 90 valence electrons. The largest absolute Gasteiger partial charge is 0.355 e. The molecule has 7 heteroatoms. The fraction of sp³-hybridized carbons (Fsp3) is 0.400. The summed E-state index contributed by atoms with van der Waals surface area (Å²) in [5.41, 5.74) is 1.11. The Morgan fingerprint density at radius 1 is 1.06 bits per heavy atom.